The quantitative estimate of drug-likeness (QED) is 0.875. The van der Waals surface area contributed by atoms with Crippen molar-refractivity contribution in [1.82, 2.24) is 5.32 Å². The Balaban J connectivity index is 1.98. The summed E-state index contributed by atoms with van der Waals surface area (Å²) in [5, 5.41) is 6.03. The second kappa shape index (κ2) is 5.71. The summed E-state index contributed by atoms with van der Waals surface area (Å²) in [4.78, 5) is 23.0. The summed E-state index contributed by atoms with van der Waals surface area (Å²) in [6, 6.07) is 5.24. The molecule has 1 aliphatic heterocycles. The Morgan fingerprint density at radius 1 is 1.50 bits per heavy atom. The maximum Gasteiger partial charge on any atom is 0.229 e. The van der Waals surface area contributed by atoms with Gasteiger partial charge in [0.05, 0.1) is 10.9 Å². The van der Waals surface area contributed by atoms with E-state index in [1.165, 1.54) is 0 Å². The zero-order valence-electron chi connectivity index (χ0n) is 9.50. The summed E-state index contributed by atoms with van der Waals surface area (Å²) in [5.74, 6) is -0.260. The van der Waals surface area contributed by atoms with Crippen LogP contribution in [-0.2, 0) is 9.59 Å². The van der Waals surface area contributed by atoms with Crippen LogP contribution >= 0.6 is 27.5 Å². The van der Waals surface area contributed by atoms with Gasteiger partial charge in [0.25, 0.3) is 0 Å². The molecule has 4 nitrogen and oxygen atoms in total. The number of rotatable bonds is 2. The zero-order valence-corrected chi connectivity index (χ0v) is 11.8. The van der Waals surface area contributed by atoms with E-state index in [1.807, 2.05) is 0 Å². The Bertz CT molecular complexity index is 483. The third kappa shape index (κ3) is 3.23. The van der Waals surface area contributed by atoms with Gasteiger partial charge in [-0.05, 0) is 40.5 Å². The molecule has 0 spiro atoms. The van der Waals surface area contributed by atoms with E-state index in [0.29, 0.717) is 30.1 Å². The number of halogens is 2. The number of nitrogens with one attached hydrogen (secondary N) is 2. The lowest BCUT2D eigenvalue weighted by atomic mass is 9.98. The van der Waals surface area contributed by atoms with Crippen molar-refractivity contribution in [3.8, 4) is 0 Å². The van der Waals surface area contributed by atoms with Crippen molar-refractivity contribution in [2.45, 2.75) is 12.8 Å². The van der Waals surface area contributed by atoms with Crippen LogP contribution in [0.5, 0.6) is 0 Å². The van der Waals surface area contributed by atoms with Crippen molar-refractivity contribution < 1.29 is 9.59 Å². The fourth-order valence-electron chi connectivity index (χ4n) is 1.77. The first-order valence-corrected chi connectivity index (χ1v) is 6.76. The smallest absolute Gasteiger partial charge is 0.229 e. The molecule has 0 bridgehead atoms. The highest BCUT2D eigenvalue weighted by Crippen LogP contribution is 2.26. The molecule has 1 aromatic carbocycles. The van der Waals surface area contributed by atoms with E-state index in [1.54, 1.807) is 18.2 Å². The van der Waals surface area contributed by atoms with Crippen LogP contribution in [0.25, 0.3) is 0 Å². The summed E-state index contributed by atoms with van der Waals surface area (Å²) in [5.41, 5.74) is 0.658. The molecule has 18 heavy (non-hydrogen) atoms. The number of anilines is 1. The highest BCUT2D eigenvalue weighted by Gasteiger charge is 2.24. The van der Waals surface area contributed by atoms with E-state index in [0.717, 1.165) is 4.47 Å². The van der Waals surface area contributed by atoms with Crippen molar-refractivity contribution >= 4 is 45.0 Å². The van der Waals surface area contributed by atoms with E-state index in [9.17, 15) is 9.59 Å². The van der Waals surface area contributed by atoms with E-state index in [4.69, 9.17) is 11.6 Å². The second-order valence-electron chi connectivity index (χ2n) is 4.16. The molecule has 1 aromatic rings. The van der Waals surface area contributed by atoms with Crippen LogP contribution in [0, 0.1) is 5.92 Å². The van der Waals surface area contributed by atoms with Crippen LogP contribution in [-0.4, -0.2) is 18.4 Å². The van der Waals surface area contributed by atoms with Crippen molar-refractivity contribution in [3.05, 3.63) is 27.7 Å². The van der Waals surface area contributed by atoms with Gasteiger partial charge in [0.2, 0.25) is 11.8 Å². The van der Waals surface area contributed by atoms with Gasteiger partial charge in [-0.25, -0.2) is 0 Å². The molecule has 2 amide bonds. The average Bonchev–Trinajstić information content (AvgIpc) is 2.34. The highest BCUT2D eigenvalue weighted by molar-refractivity contribution is 9.10. The lowest BCUT2D eigenvalue weighted by Crippen LogP contribution is -2.40. The Morgan fingerprint density at radius 2 is 2.28 bits per heavy atom. The fourth-order valence-corrected chi connectivity index (χ4v) is 2.20. The van der Waals surface area contributed by atoms with Crippen molar-refractivity contribution in [3.63, 3.8) is 0 Å². The molecule has 1 aliphatic rings. The predicted molar refractivity (Wildman–Crippen MR) is 73.5 cm³/mol. The van der Waals surface area contributed by atoms with Crippen LogP contribution in [0.2, 0.25) is 5.02 Å². The van der Waals surface area contributed by atoms with Crippen molar-refractivity contribution in [2.24, 2.45) is 5.92 Å². The lowest BCUT2D eigenvalue weighted by molar-refractivity contribution is -0.126. The van der Waals surface area contributed by atoms with Crippen LogP contribution in [0.3, 0.4) is 0 Å². The fraction of sp³-hybridized carbons (Fsp3) is 0.333. The Kier molecular flexibility index (Phi) is 4.24. The van der Waals surface area contributed by atoms with Crippen LogP contribution in [0.1, 0.15) is 12.8 Å². The van der Waals surface area contributed by atoms with Gasteiger partial charge in [-0.3, -0.25) is 9.59 Å². The molecule has 1 fully saturated rings. The third-order valence-corrected chi connectivity index (χ3v) is 4.06. The van der Waals surface area contributed by atoms with E-state index in [2.05, 4.69) is 26.6 Å². The SMILES string of the molecule is O=C1CCC(C(=O)Nc2ccc(Br)c(Cl)c2)CN1. The topological polar surface area (TPSA) is 58.2 Å². The van der Waals surface area contributed by atoms with Crippen LogP contribution < -0.4 is 10.6 Å². The highest BCUT2D eigenvalue weighted by atomic mass is 79.9. The molecule has 2 N–H and O–H groups in total. The number of piperidine rings is 1. The van der Waals surface area contributed by atoms with E-state index in [-0.39, 0.29) is 17.7 Å². The summed E-state index contributed by atoms with van der Waals surface area (Å²) < 4.78 is 0.784. The molecule has 1 atom stereocenters. The maximum absolute atomic E-state index is 12.0. The Labute approximate surface area is 118 Å². The van der Waals surface area contributed by atoms with Gasteiger partial charge in [-0.2, -0.15) is 0 Å². The molecular formula is C12H12BrClN2O2. The number of carbonyl (C=O) groups is 2. The minimum Gasteiger partial charge on any atom is -0.355 e. The molecule has 1 unspecified atom stereocenters. The molecule has 0 aliphatic carbocycles. The normalized spacial score (nSPS) is 19.2. The monoisotopic (exact) mass is 330 g/mol. The molecular weight excluding hydrogens is 320 g/mol. The van der Waals surface area contributed by atoms with Gasteiger partial charge < -0.3 is 10.6 Å². The zero-order chi connectivity index (χ0) is 13.1. The van der Waals surface area contributed by atoms with Gasteiger partial charge >= 0.3 is 0 Å². The van der Waals surface area contributed by atoms with Gasteiger partial charge in [-0.1, -0.05) is 11.6 Å². The largest absolute Gasteiger partial charge is 0.355 e. The summed E-state index contributed by atoms with van der Waals surface area (Å²) in [6.45, 7) is 0.398. The molecule has 1 heterocycles. The van der Waals surface area contributed by atoms with Gasteiger partial charge in [0, 0.05) is 23.1 Å². The third-order valence-electron chi connectivity index (χ3n) is 2.82. The van der Waals surface area contributed by atoms with Gasteiger partial charge in [0.15, 0.2) is 0 Å². The number of hydrogen-bond acceptors (Lipinski definition) is 2. The lowest BCUT2D eigenvalue weighted by Gasteiger charge is -2.21. The summed E-state index contributed by atoms with van der Waals surface area (Å²) in [7, 11) is 0. The van der Waals surface area contributed by atoms with E-state index < -0.39 is 0 Å². The number of carbonyl (C=O) groups excluding carboxylic acids is 2. The minimum absolute atomic E-state index is 0.00531. The second-order valence-corrected chi connectivity index (χ2v) is 5.42. The first-order chi connectivity index (χ1) is 8.56. The average molecular weight is 332 g/mol. The molecule has 0 radical (unpaired) electrons. The molecule has 6 heteroatoms. The number of benzene rings is 1. The van der Waals surface area contributed by atoms with Gasteiger partial charge in [-0.15, -0.1) is 0 Å². The Morgan fingerprint density at radius 3 is 2.89 bits per heavy atom. The van der Waals surface area contributed by atoms with Gasteiger partial charge in [0.1, 0.15) is 0 Å². The first kappa shape index (κ1) is 13.4. The van der Waals surface area contributed by atoms with Crippen molar-refractivity contribution in [1.29, 1.82) is 0 Å². The molecule has 1 saturated heterocycles. The molecule has 0 aromatic heterocycles. The van der Waals surface area contributed by atoms with E-state index >= 15 is 0 Å². The maximum atomic E-state index is 12.0. The first-order valence-electron chi connectivity index (χ1n) is 5.59. The van der Waals surface area contributed by atoms with Crippen LogP contribution in [0.15, 0.2) is 22.7 Å². The summed E-state index contributed by atoms with van der Waals surface area (Å²) in [6.07, 6.45) is 0.987. The van der Waals surface area contributed by atoms with Crippen molar-refractivity contribution in [2.75, 3.05) is 11.9 Å². The Hall–Kier alpha value is -1.07. The standard InChI is InChI=1S/C12H12BrClN2O2/c13-9-3-2-8(5-10(9)14)16-12(18)7-1-4-11(17)15-6-7/h2-3,5,7H,1,4,6H2,(H,15,17)(H,16,18). The predicted octanol–water partition coefficient (Wildman–Crippen LogP) is 2.57. The number of amides is 2. The number of hydrogen-bond donors (Lipinski definition) is 2. The van der Waals surface area contributed by atoms with Crippen LogP contribution in [0.4, 0.5) is 5.69 Å². The summed E-state index contributed by atoms with van der Waals surface area (Å²) >= 11 is 9.23. The minimum atomic E-state index is -0.176. The molecule has 96 valence electrons. The molecule has 2 rings (SSSR count). The molecule has 0 saturated carbocycles.